The first-order valence-electron chi connectivity index (χ1n) is 8.90. The number of carbonyl (C=O) groups excluding carboxylic acids is 1. The molecule has 1 aliphatic rings. The zero-order valence-electron chi connectivity index (χ0n) is 15.5. The Labute approximate surface area is 163 Å². The molecule has 2 heterocycles. The number of hydrogen-bond donors (Lipinski definition) is 0. The third kappa shape index (κ3) is 3.35. The van der Waals surface area contributed by atoms with Crippen molar-refractivity contribution in [1.29, 1.82) is 0 Å². The second-order valence-corrected chi connectivity index (χ2v) is 7.52. The van der Waals surface area contributed by atoms with Gasteiger partial charge in [-0.2, -0.15) is 4.98 Å². The highest BCUT2D eigenvalue weighted by atomic mass is 35.5. The second-order valence-electron chi connectivity index (χ2n) is 7.12. The van der Waals surface area contributed by atoms with Gasteiger partial charge >= 0.3 is 0 Å². The van der Waals surface area contributed by atoms with E-state index in [0.717, 1.165) is 16.8 Å². The maximum absolute atomic E-state index is 12.5. The van der Waals surface area contributed by atoms with Crippen LogP contribution in [0.2, 0.25) is 5.02 Å². The first-order chi connectivity index (χ1) is 12.9. The Morgan fingerprint density at radius 3 is 2.67 bits per heavy atom. The van der Waals surface area contributed by atoms with Gasteiger partial charge < -0.3 is 9.42 Å². The fraction of sp³-hybridized carbons (Fsp3) is 0.286. The van der Waals surface area contributed by atoms with Crippen LogP contribution in [-0.4, -0.2) is 22.6 Å². The average molecular weight is 382 g/mol. The fourth-order valence-corrected chi connectivity index (χ4v) is 3.67. The van der Waals surface area contributed by atoms with E-state index in [1.807, 2.05) is 43.3 Å². The van der Waals surface area contributed by atoms with Crippen molar-refractivity contribution in [3.63, 3.8) is 0 Å². The monoisotopic (exact) mass is 381 g/mol. The zero-order valence-corrected chi connectivity index (χ0v) is 16.2. The molecular weight excluding hydrogens is 362 g/mol. The van der Waals surface area contributed by atoms with Gasteiger partial charge in [-0.15, -0.1) is 0 Å². The van der Waals surface area contributed by atoms with E-state index in [1.165, 1.54) is 11.1 Å². The van der Waals surface area contributed by atoms with Gasteiger partial charge in [-0.3, -0.25) is 4.79 Å². The Kier molecular flexibility index (Phi) is 4.48. The van der Waals surface area contributed by atoms with E-state index in [-0.39, 0.29) is 11.8 Å². The summed E-state index contributed by atoms with van der Waals surface area (Å²) in [6.07, 6.45) is 0.332. The summed E-state index contributed by atoms with van der Waals surface area (Å²) in [5.74, 6) is 0.911. The van der Waals surface area contributed by atoms with E-state index in [4.69, 9.17) is 16.1 Å². The van der Waals surface area contributed by atoms with Crippen LogP contribution >= 0.6 is 11.6 Å². The van der Waals surface area contributed by atoms with Crippen LogP contribution in [0.4, 0.5) is 5.69 Å². The van der Waals surface area contributed by atoms with Crippen molar-refractivity contribution in [2.75, 3.05) is 11.4 Å². The molecule has 4 rings (SSSR count). The maximum atomic E-state index is 12.5. The number of rotatable bonds is 3. The molecule has 2 aromatic carbocycles. The number of halogens is 1. The van der Waals surface area contributed by atoms with Crippen LogP contribution in [0.3, 0.4) is 0 Å². The first-order valence-corrected chi connectivity index (χ1v) is 9.28. The van der Waals surface area contributed by atoms with Crippen molar-refractivity contribution >= 4 is 23.2 Å². The van der Waals surface area contributed by atoms with Gasteiger partial charge in [0.05, 0.1) is 16.6 Å². The van der Waals surface area contributed by atoms with Gasteiger partial charge in [-0.05, 0) is 55.7 Å². The average Bonchev–Trinajstić information content (AvgIpc) is 3.25. The lowest BCUT2D eigenvalue weighted by atomic mass is 10.1. The van der Waals surface area contributed by atoms with E-state index >= 15 is 0 Å². The van der Waals surface area contributed by atoms with E-state index in [1.54, 1.807) is 4.90 Å². The van der Waals surface area contributed by atoms with Crippen LogP contribution in [0, 0.1) is 20.8 Å². The molecular formula is C21H20ClN3O2. The summed E-state index contributed by atoms with van der Waals surface area (Å²) in [5, 5.41) is 4.69. The predicted octanol–water partition coefficient (Wildman–Crippen LogP) is 4.84. The Morgan fingerprint density at radius 2 is 1.93 bits per heavy atom. The van der Waals surface area contributed by atoms with Crippen molar-refractivity contribution in [2.45, 2.75) is 33.1 Å². The van der Waals surface area contributed by atoms with Gasteiger partial charge in [0.2, 0.25) is 17.6 Å². The van der Waals surface area contributed by atoms with Crippen molar-refractivity contribution in [3.8, 4) is 11.4 Å². The summed E-state index contributed by atoms with van der Waals surface area (Å²) in [6, 6.07) is 11.8. The number of carbonyl (C=O) groups is 1. The smallest absolute Gasteiger partial charge is 0.232 e. The molecule has 0 bridgehead atoms. The van der Waals surface area contributed by atoms with Gasteiger partial charge in [0, 0.05) is 18.5 Å². The van der Waals surface area contributed by atoms with Crippen LogP contribution in [0.5, 0.6) is 0 Å². The molecule has 1 aliphatic heterocycles. The number of hydrogen-bond acceptors (Lipinski definition) is 4. The minimum Gasteiger partial charge on any atom is -0.339 e. The van der Waals surface area contributed by atoms with Gasteiger partial charge in [0.1, 0.15) is 0 Å². The summed E-state index contributed by atoms with van der Waals surface area (Å²) < 4.78 is 5.48. The van der Waals surface area contributed by atoms with E-state index < -0.39 is 0 Å². The topological polar surface area (TPSA) is 59.2 Å². The lowest BCUT2D eigenvalue weighted by Gasteiger charge is -2.18. The number of aromatic nitrogens is 2. The highest BCUT2D eigenvalue weighted by molar-refractivity contribution is 6.34. The highest BCUT2D eigenvalue weighted by Crippen LogP contribution is 2.35. The molecule has 3 aromatic rings. The minimum atomic E-state index is -0.136. The van der Waals surface area contributed by atoms with Crippen LogP contribution in [0.15, 0.2) is 40.9 Å². The van der Waals surface area contributed by atoms with E-state index in [2.05, 4.69) is 24.0 Å². The number of benzene rings is 2. The molecule has 1 unspecified atom stereocenters. The molecule has 0 aliphatic carbocycles. The maximum Gasteiger partial charge on any atom is 0.232 e. The van der Waals surface area contributed by atoms with Crippen molar-refractivity contribution in [3.05, 3.63) is 64.0 Å². The SMILES string of the molecule is Cc1ccc(N2CC(c3nc(-c4ccc(C)c(C)c4)no3)CC2=O)c(Cl)c1. The quantitative estimate of drug-likeness (QED) is 0.651. The molecule has 1 fully saturated rings. The molecule has 1 amide bonds. The molecule has 1 aromatic heterocycles. The molecule has 1 atom stereocenters. The third-order valence-corrected chi connectivity index (χ3v) is 5.38. The number of aryl methyl sites for hydroxylation is 3. The molecule has 0 spiro atoms. The van der Waals surface area contributed by atoms with Gasteiger partial charge in [0.15, 0.2) is 0 Å². The minimum absolute atomic E-state index is 0.0108. The largest absolute Gasteiger partial charge is 0.339 e. The van der Waals surface area contributed by atoms with Crippen molar-refractivity contribution in [2.24, 2.45) is 0 Å². The number of nitrogens with zero attached hydrogens (tertiary/aromatic N) is 3. The molecule has 0 saturated carbocycles. The van der Waals surface area contributed by atoms with Crippen LogP contribution in [-0.2, 0) is 4.79 Å². The Hall–Kier alpha value is -2.66. The lowest BCUT2D eigenvalue weighted by Crippen LogP contribution is -2.24. The van der Waals surface area contributed by atoms with E-state index in [0.29, 0.717) is 29.7 Å². The number of anilines is 1. The lowest BCUT2D eigenvalue weighted by molar-refractivity contribution is -0.117. The molecule has 5 nitrogen and oxygen atoms in total. The molecule has 6 heteroatoms. The van der Waals surface area contributed by atoms with Crippen LogP contribution in [0.1, 0.15) is 34.9 Å². The Morgan fingerprint density at radius 1 is 1.11 bits per heavy atom. The fourth-order valence-electron chi connectivity index (χ4n) is 3.34. The van der Waals surface area contributed by atoms with Gasteiger partial charge in [-0.25, -0.2) is 0 Å². The standard InChI is InChI=1S/C21H20ClN3O2/c1-12-4-7-18(17(22)8-12)25-11-16(10-19(25)26)21-23-20(24-27-21)15-6-5-13(2)14(3)9-15/h4-9,16H,10-11H2,1-3H3. The first kappa shape index (κ1) is 17.7. The normalized spacial score (nSPS) is 17.0. The molecule has 138 valence electrons. The van der Waals surface area contributed by atoms with Crippen LogP contribution in [0.25, 0.3) is 11.4 Å². The summed E-state index contributed by atoms with van der Waals surface area (Å²) in [5.41, 5.74) is 5.09. The van der Waals surface area contributed by atoms with Crippen molar-refractivity contribution < 1.29 is 9.32 Å². The molecule has 0 N–H and O–H groups in total. The van der Waals surface area contributed by atoms with Gasteiger partial charge in [-0.1, -0.05) is 35.0 Å². The zero-order chi connectivity index (χ0) is 19.1. The molecule has 1 saturated heterocycles. The number of amides is 1. The Bertz CT molecular complexity index is 1030. The van der Waals surface area contributed by atoms with Crippen LogP contribution < -0.4 is 4.90 Å². The summed E-state index contributed by atoms with van der Waals surface area (Å²) in [7, 11) is 0. The van der Waals surface area contributed by atoms with E-state index in [9.17, 15) is 4.79 Å². The predicted molar refractivity (Wildman–Crippen MR) is 105 cm³/mol. The van der Waals surface area contributed by atoms with Crippen molar-refractivity contribution in [1.82, 2.24) is 10.1 Å². The summed E-state index contributed by atoms with van der Waals surface area (Å²) >= 11 is 6.34. The highest BCUT2D eigenvalue weighted by Gasteiger charge is 2.36. The molecule has 27 heavy (non-hydrogen) atoms. The summed E-state index contributed by atoms with van der Waals surface area (Å²) in [4.78, 5) is 18.8. The van der Waals surface area contributed by atoms with Gasteiger partial charge in [0.25, 0.3) is 0 Å². The molecule has 0 radical (unpaired) electrons. The Balaban J connectivity index is 1.57. The summed E-state index contributed by atoms with van der Waals surface area (Å²) in [6.45, 7) is 6.57. The second kappa shape index (κ2) is 6.82. The third-order valence-electron chi connectivity index (χ3n) is 5.08.